The summed E-state index contributed by atoms with van der Waals surface area (Å²) in [5.74, 6) is -1.26. The first-order chi connectivity index (χ1) is 13.7. The number of sulfonamides is 1. The third-order valence-corrected chi connectivity index (χ3v) is 7.76. The SMILES string of the molecule is CCN(CC)S(=O)(=O)c1cc(C(=O)OCC(=O)NC(C)c2cccs2)ccc1Cl. The first-order valence-electron chi connectivity index (χ1n) is 9.00. The van der Waals surface area contributed by atoms with Gasteiger partial charge in [-0.05, 0) is 36.6 Å². The van der Waals surface area contributed by atoms with Crippen molar-refractivity contribution in [3.8, 4) is 0 Å². The minimum absolute atomic E-state index is 0.000707. The lowest BCUT2D eigenvalue weighted by Gasteiger charge is -2.19. The fraction of sp³-hybridized carbons (Fsp3) is 0.368. The van der Waals surface area contributed by atoms with Crippen molar-refractivity contribution in [2.45, 2.75) is 31.7 Å². The van der Waals surface area contributed by atoms with E-state index in [4.69, 9.17) is 16.3 Å². The fourth-order valence-corrected chi connectivity index (χ4v) is 5.33. The molecule has 0 aliphatic rings. The second-order valence-corrected chi connectivity index (χ2v) is 9.41. The number of hydrogen-bond acceptors (Lipinski definition) is 6. The van der Waals surface area contributed by atoms with Gasteiger partial charge in [0.15, 0.2) is 6.61 Å². The molecule has 10 heteroatoms. The molecule has 158 valence electrons. The number of benzene rings is 1. The molecule has 1 N–H and O–H groups in total. The fourth-order valence-electron chi connectivity index (χ4n) is 2.64. The van der Waals surface area contributed by atoms with Gasteiger partial charge < -0.3 is 10.1 Å². The molecular weight excluding hydrogens is 436 g/mol. The van der Waals surface area contributed by atoms with E-state index in [2.05, 4.69) is 5.32 Å². The van der Waals surface area contributed by atoms with Crippen LogP contribution in [0.2, 0.25) is 5.02 Å². The minimum Gasteiger partial charge on any atom is -0.452 e. The summed E-state index contributed by atoms with van der Waals surface area (Å²) in [7, 11) is -3.84. The summed E-state index contributed by atoms with van der Waals surface area (Å²) >= 11 is 7.57. The van der Waals surface area contributed by atoms with Gasteiger partial charge in [0.05, 0.1) is 16.6 Å². The van der Waals surface area contributed by atoms with Gasteiger partial charge in [-0.15, -0.1) is 11.3 Å². The summed E-state index contributed by atoms with van der Waals surface area (Å²) in [5.41, 5.74) is -0.000707. The average molecular weight is 459 g/mol. The van der Waals surface area contributed by atoms with Gasteiger partial charge in [0.25, 0.3) is 5.91 Å². The molecule has 1 heterocycles. The normalized spacial score (nSPS) is 12.6. The lowest BCUT2D eigenvalue weighted by molar-refractivity contribution is -0.124. The number of nitrogens with one attached hydrogen (secondary N) is 1. The standard InChI is InChI=1S/C19H23ClN2O5S2/c1-4-22(5-2)29(25,26)17-11-14(8-9-15(17)20)19(24)27-12-18(23)21-13(3)16-7-6-10-28-16/h6-11,13H,4-5,12H2,1-3H3,(H,21,23). The number of carbonyl (C=O) groups is 2. The number of nitrogens with zero attached hydrogens (tertiary/aromatic N) is 1. The second kappa shape index (κ2) is 10.2. The Morgan fingerprint density at radius 1 is 1.24 bits per heavy atom. The molecule has 0 saturated carbocycles. The Kier molecular flexibility index (Phi) is 8.21. The number of halogens is 1. The lowest BCUT2D eigenvalue weighted by atomic mass is 10.2. The van der Waals surface area contributed by atoms with Crippen LogP contribution in [0.1, 0.15) is 42.0 Å². The van der Waals surface area contributed by atoms with Crippen molar-refractivity contribution in [2.75, 3.05) is 19.7 Å². The molecule has 29 heavy (non-hydrogen) atoms. The highest BCUT2D eigenvalue weighted by Gasteiger charge is 2.26. The molecular formula is C19H23ClN2O5S2. The second-order valence-electron chi connectivity index (χ2n) is 6.12. The van der Waals surface area contributed by atoms with Crippen LogP contribution in [-0.2, 0) is 19.6 Å². The summed E-state index contributed by atoms with van der Waals surface area (Å²) in [5, 5.41) is 4.65. The van der Waals surface area contributed by atoms with E-state index in [1.165, 1.54) is 33.8 Å². The van der Waals surface area contributed by atoms with Crippen LogP contribution in [0.4, 0.5) is 0 Å². The van der Waals surface area contributed by atoms with Gasteiger partial charge >= 0.3 is 5.97 Å². The molecule has 0 bridgehead atoms. The van der Waals surface area contributed by atoms with E-state index in [0.29, 0.717) is 0 Å². The molecule has 1 unspecified atom stereocenters. The van der Waals surface area contributed by atoms with E-state index < -0.39 is 28.5 Å². The van der Waals surface area contributed by atoms with E-state index in [-0.39, 0.29) is 34.6 Å². The molecule has 0 fully saturated rings. The monoisotopic (exact) mass is 458 g/mol. The van der Waals surface area contributed by atoms with Gasteiger partial charge in [0.2, 0.25) is 10.0 Å². The topological polar surface area (TPSA) is 92.8 Å². The Hall–Kier alpha value is -1.94. The highest BCUT2D eigenvalue weighted by Crippen LogP contribution is 2.26. The van der Waals surface area contributed by atoms with Crippen molar-refractivity contribution in [1.82, 2.24) is 9.62 Å². The number of rotatable bonds is 9. The van der Waals surface area contributed by atoms with Crippen molar-refractivity contribution >= 4 is 44.8 Å². The van der Waals surface area contributed by atoms with Crippen LogP contribution in [0, 0.1) is 0 Å². The Morgan fingerprint density at radius 2 is 1.93 bits per heavy atom. The van der Waals surface area contributed by atoms with Crippen molar-refractivity contribution < 1.29 is 22.7 Å². The zero-order valence-electron chi connectivity index (χ0n) is 16.3. The molecule has 2 aromatic rings. The summed E-state index contributed by atoms with van der Waals surface area (Å²) in [6.07, 6.45) is 0. The first kappa shape index (κ1) is 23.3. The van der Waals surface area contributed by atoms with Crippen LogP contribution in [-0.4, -0.2) is 44.3 Å². The molecule has 1 amide bonds. The van der Waals surface area contributed by atoms with E-state index in [1.807, 2.05) is 24.4 Å². The van der Waals surface area contributed by atoms with E-state index >= 15 is 0 Å². The predicted molar refractivity (Wildman–Crippen MR) is 113 cm³/mol. The number of ether oxygens (including phenoxy) is 1. The van der Waals surface area contributed by atoms with E-state index in [9.17, 15) is 18.0 Å². The summed E-state index contributed by atoms with van der Waals surface area (Å²) in [6.45, 7) is 5.31. The van der Waals surface area contributed by atoms with Crippen LogP contribution in [0.3, 0.4) is 0 Å². The first-order valence-corrected chi connectivity index (χ1v) is 11.7. The maximum atomic E-state index is 12.7. The lowest BCUT2D eigenvalue weighted by Crippen LogP contribution is -2.31. The number of esters is 1. The molecule has 1 aromatic carbocycles. The van der Waals surface area contributed by atoms with Crippen LogP contribution < -0.4 is 5.32 Å². The molecule has 1 aromatic heterocycles. The number of thiophene rings is 1. The molecule has 0 spiro atoms. The third kappa shape index (κ3) is 5.79. The van der Waals surface area contributed by atoms with Crippen LogP contribution >= 0.6 is 22.9 Å². The van der Waals surface area contributed by atoms with Crippen LogP contribution in [0.5, 0.6) is 0 Å². The quantitative estimate of drug-likeness (QED) is 0.581. The minimum atomic E-state index is -3.84. The maximum absolute atomic E-state index is 12.7. The number of hydrogen-bond donors (Lipinski definition) is 1. The van der Waals surface area contributed by atoms with Gasteiger partial charge in [0, 0.05) is 18.0 Å². The van der Waals surface area contributed by atoms with E-state index in [0.717, 1.165) is 4.88 Å². The molecule has 7 nitrogen and oxygen atoms in total. The smallest absolute Gasteiger partial charge is 0.338 e. The number of amides is 1. The summed E-state index contributed by atoms with van der Waals surface area (Å²) < 4.78 is 31.7. The Balaban J connectivity index is 2.07. The molecule has 1 atom stereocenters. The van der Waals surface area contributed by atoms with Gasteiger partial charge in [-0.3, -0.25) is 4.79 Å². The maximum Gasteiger partial charge on any atom is 0.338 e. The van der Waals surface area contributed by atoms with Crippen molar-refractivity contribution in [3.63, 3.8) is 0 Å². The zero-order valence-corrected chi connectivity index (χ0v) is 18.7. The highest BCUT2D eigenvalue weighted by molar-refractivity contribution is 7.89. The predicted octanol–water partition coefficient (Wildman–Crippen LogP) is 3.47. The van der Waals surface area contributed by atoms with Gasteiger partial charge in [-0.2, -0.15) is 4.31 Å². The van der Waals surface area contributed by atoms with Crippen molar-refractivity contribution in [2.24, 2.45) is 0 Å². The summed E-state index contributed by atoms with van der Waals surface area (Å²) in [6, 6.07) is 7.43. The van der Waals surface area contributed by atoms with Crippen LogP contribution in [0.25, 0.3) is 0 Å². The molecule has 0 aliphatic carbocycles. The van der Waals surface area contributed by atoms with Gasteiger partial charge in [-0.1, -0.05) is 31.5 Å². The molecule has 0 saturated heterocycles. The Morgan fingerprint density at radius 3 is 2.52 bits per heavy atom. The van der Waals surface area contributed by atoms with Gasteiger partial charge in [-0.25, -0.2) is 13.2 Å². The Labute approximate surface area is 179 Å². The molecule has 0 aliphatic heterocycles. The highest BCUT2D eigenvalue weighted by atomic mass is 35.5. The summed E-state index contributed by atoms with van der Waals surface area (Å²) in [4.78, 5) is 25.1. The zero-order chi connectivity index (χ0) is 21.6. The molecule has 0 radical (unpaired) electrons. The molecule has 2 rings (SSSR count). The largest absolute Gasteiger partial charge is 0.452 e. The van der Waals surface area contributed by atoms with E-state index in [1.54, 1.807) is 13.8 Å². The van der Waals surface area contributed by atoms with Crippen LogP contribution in [0.15, 0.2) is 40.6 Å². The van der Waals surface area contributed by atoms with Crippen molar-refractivity contribution in [3.05, 3.63) is 51.2 Å². The number of carbonyl (C=O) groups excluding carboxylic acids is 2. The van der Waals surface area contributed by atoms with Crippen molar-refractivity contribution in [1.29, 1.82) is 0 Å². The van der Waals surface area contributed by atoms with Gasteiger partial charge in [0.1, 0.15) is 4.90 Å². The average Bonchev–Trinajstić information content (AvgIpc) is 3.22. The third-order valence-electron chi connectivity index (χ3n) is 4.17. The Bertz CT molecular complexity index is 957.